The van der Waals surface area contributed by atoms with Crippen LogP contribution in [0.5, 0.6) is 0 Å². The van der Waals surface area contributed by atoms with Crippen molar-refractivity contribution in [3.63, 3.8) is 0 Å². The smallest absolute Gasteiger partial charge is 0.415 e. The highest BCUT2D eigenvalue weighted by molar-refractivity contribution is 7.89. The third-order valence-corrected chi connectivity index (χ3v) is 11.0. The zero-order valence-corrected chi connectivity index (χ0v) is 28.2. The van der Waals surface area contributed by atoms with Crippen molar-refractivity contribution in [1.29, 1.82) is 0 Å². The molecule has 1 fully saturated rings. The molecule has 5 rings (SSSR count). The first kappa shape index (κ1) is 34.5. The molecule has 47 heavy (non-hydrogen) atoms. The second-order valence-electron chi connectivity index (χ2n) is 11.9. The van der Waals surface area contributed by atoms with Crippen LogP contribution in [0.1, 0.15) is 44.4 Å². The third kappa shape index (κ3) is 8.17. The minimum absolute atomic E-state index is 0.00230. The van der Waals surface area contributed by atoms with Gasteiger partial charge < -0.3 is 20.3 Å². The number of aliphatic hydroxyl groups is 2. The molecule has 4 aromatic rings. The standard InChI is InChI=1S/C34H40N4O7S2/c1-4-22(2)18-37(47(43,44)27-13-14-28-32(17-27)46-21-35-28)19-30(40)29(15-24-9-6-5-7-10-24)36-33(41)31-20-38(34(42)45-31)26-12-8-11-25(16-26)23(3)39/h5-14,16-17,21-23,29-31,39-40H,4,15,18-20H2,1-3H3,(H,36,41)/t22-,23?,29-,30+,31-/m0/s1. The number of thiazole rings is 1. The van der Waals surface area contributed by atoms with Crippen LogP contribution in [-0.4, -0.2) is 77.8 Å². The van der Waals surface area contributed by atoms with Gasteiger partial charge in [-0.05, 0) is 60.7 Å². The first-order chi connectivity index (χ1) is 22.5. The van der Waals surface area contributed by atoms with Gasteiger partial charge in [-0.3, -0.25) is 9.69 Å². The lowest BCUT2D eigenvalue weighted by Gasteiger charge is -2.31. The summed E-state index contributed by atoms with van der Waals surface area (Å²) in [5.41, 5.74) is 4.27. The van der Waals surface area contributed by atoms with E-state index < -0.39 is 46.4 Å². The number of fused-ring (bicyclic) bond motifs is 1. The summed E-state index contributed by atoms with van der Waals surface area (Å²) in [6.07, 6.45) is -3.00. The predicted octanol–water partition coefficient (Wildman–Crippen LogP) is 4.50. The molecule has 250 valence electrons. The Bertz CT molecular complexity index is 1800. The van der Waals surface area contributed by atoms with Gasteiger partial charge >= 0.3 is 6.09 Å². The molecule has 1 aliphatic heterocycles. The lowest BCUT2D eigenvalue weighted by Crippen LogP contribution is -2.53. The van der Waals surface area contributed by atoms with E-state index >= 15 is 0 Å². The van der Waals surface area contributed by atoms with E-state index in [2.05, 4.69) is 10.3 Å². The number of nitrogens with one attached hydrogen (secondary N) is 1. The van der Waals surface area contributed by atoms with Crippen molar-refractivity contribution in [3.05, 3.63) is 89.4 Å². The number of sulfonamides is 1. The van der Waals surface area contributed by atoms with Crippen LogP contribution in [0.2, 0.25) is 0 Å². The zero-order valence-electron chi connectivity index (χ0n) is 26.5. The molecule has 3 aromatic carbocycles. The second kappa shape index (κ2) is 14.9. The number of carbonyl (C=O) groups excluding carboxylic acids is 2. The molecule has 11 nitrogen and oxygen atoms in total. The van der Waals surface area contributed by atoms with Crippen molar-refractivity contribution in [2.75, 3.05) is 24.5 Å². The van der Waals surface area contributed by atoms with Crippen LogP contribution in [0.4, 0.5) is 10.5 Å². The van der Waals surface area contributed by atoms with E-state index in [1.165, 1.54) is 26.6 Å². The Kier molecular flexibility index (Phi) is 10.9. The number of aromatic nitrogens is 1. The number of anilines is 1. The van der Waals surface area contributed by atoms with Gasteiger partial charge in [0.1, 0.15) is 0 Å². The summed E-state index contributed by atoms with van der Waals surface area (Å²) in [5, 5.41) is 24.5. The minimum Gasteiger partial charge on any atom is -0.434 e. The van der Waals surface area contributed by atoms with E-state index in [4.69, 9.17) is 4.74 Å². The Labute approximate surface area is 278 Å². The van der Waals surface area contributed by atoms with E-state index in [9.17, 15) is 28.2 Å². The molecule has 2 heterocycles. The Morgan fingerprint density at radius 2 is 1.85 bits per heavy atom. The van der Waals surface area contributed by atoms with Crippen molar-refractivity contribution >= 4 is 49.3 Å². The first-order valence-corrected chi connectivity index (χ1v) is 17.9. The van der Waals surface area contributed by atoms with Gasteiger partial charge in [-0.15, -0.1) is 11.3 Å². The van der Waals surface area contributed by atoms with Gasteiger partial charge in [-0.2, -0.15) is 4.31 Å². The SMILES string of the molecule is CC[C@H](C)CN(C[C@@H](O)[C@H](Cc1ccccc1)NC(=O)[C@@H]1CN(c2cccc(C(C)O)c2)C(=O)O1)S(=O)(=O)c1ccc2ncsc2c1. The molecule has 1 saturated heterocycles. The molecule has 3 N–H and O–H groups in total. The maximum absolute atomic E-state index is 14.0. The van der Waals surface area contributed by atoms with Gasteiger partial charge in [0, 0.05) is 18.8 Å². The molecule has 0 aliphatic carbocycles. The molecule has 5 atom stereocenters. The van der Waals surface area contributed by atoms with E-state index in [1.54, 1.807) is 48.8 Å². The van der Waals surface area contributed by atoms with Crippen molar-refractivity contribution in [1.82, 2.24) is 14.6 Å². The zero-order chi connectivity index (χ0) is 33.7. The fourth-order valence-electron chi connectivity index (χ4n) is 5.42. The summed E-state index contributed by atoms with van der Waals surface area (Å²) in [4.78, 5) is 32.0. The van der Waals surface area contributed by atoms with E-state index in [0.29, 0.717) is 16.8 Å². The molecular weight excluding hydrogens is 641 g/mol. The molecule has 0 spiro atoms. The topological polar surface area (TPSA) is 149 Å². The summed E-state index contributed by atoms with van der Waals surface area (Å²) in [6.45, 7) is 5.36. The van der Waals surface area contributed by atoms with Gasteiger partial charge in [-0.25, -0.2) is 18.2 Å². The lowest BCUT2D eigenvalue weighted by molar-refractivity contribution is -0.129. The van der Waals surface area contributed by atoms with Crippen LogP contribution in [0.15, 0.2) is 83.2 Å². The van der Waals surface area contributed by atoms with E-state index in [0.717, 1.165) is 16.7 Å². The molecule has 13 heteroatoms. The number of ether oxygens (including phenoxy) is 1. The maximum atomic E-state index is 14.0. The molecule has 1 aromatic heterocycles. The maximum Gasteiger partial charge on any atom is 0.415 e. The molecule has 0 radical (unpaired) electrons. The quantitative estimate of drug-likeness (QED) is 0.176. The second-order valence-corrected chi connectivity index (χ2v) is 14.8. The molecular formula is C34H40N4O7S2. The van der Waals surface area contributed by atoms with Crippen molar-refractivity contribution in [2.24, 2.45) is 5.92 Å². The summed E-state index contributed by atoms with van der Waals surface area (Å²) < 4.78 is 35.5. The van der Waals surface area contributed by atoms with Crippen LogP contribution in [-0.2, 0) is 26.0 Å². The molecule has 1 aliphatic rings. The number of rotatable bonds is 14. The Morgan fingerprint density at radius 1 is 1.09 bits per heavy atom. The van der Waals surface area contributed by atoms with E-state index in [1.807, 2.05) is 44.2 Å². The minimum atomic E-state index is -4.03. The van der Waals surface area contributed by atoms with Crippen molar-refractivity contribution < 1.29 is 33.0 Å². The highest BCUT2D eigenvalue weighted by atomic mass is 32.2. The van der Waals surface area contributed by atoms with Gasteiger partial charge in [0.15, 0.2) is 6.10 Å². The van der Waals surface area contributed by atoms with Crippen molar-refractivity contribution in [2.45, 2.75) is 62.9 Å². The fourth-order valence-corrected chi connectivity index (χ4v) is 7.81. The molecule has 0 saturated carbocycles. The van der Waals surface area contributed by atoms with Gasteiger partial charge in [-0.1, -0.05) is 62.7 Å². The monoisotopic (exact) mass is 680 g/mol. The number of carbonyl (C=O) groups is 2. The number of benzene rings is 3. The Balaban J connectivity index is 1.37. The number of hydrogen-bond acceptors (Lipinski definition) is 9. The van der Waals surface area contributed by atoms with Crippen molar-refractivity contribution in [3.8, 4) is 0 Å². The first-order valence-electron chi connectivity index (χ1n) is 15.6. The Morgan fingerprint density at radius 3 is 2.57 bits per heavy atom. The van der Waals surface area contributed by atoms with Gasteiger partial charge in [0.05, 0.1) is 45.4 Å². The summed E-state index contributed by atoms with van der Waals surface area (Å²) in [6, 6.07) is 19.9. The molecule has 0 bridgehead atoms. The average molecular weight is 681 g/mol. The van der Waals surface area contributed by atoms with Crippen LogP contribution in [0.25, 0.3) is 10.2 Å². The fraction of sp³-hybridized carbons (Fsp3) is 0.382. The number of cyclic esters (lactones) is 1. The van der Waals surface area contributed by atoms with Gasteiger partial charge in [0.2, 0.25) is 10.0 Å². The van der Waals surface area contributed by atoms with E-state index in [-0.39, 0.29) is 36.9 Å². The summed E-state index contributed by atoms with van der Waals surface area (Å²) >= 11 is 1.35. The number of hydrogen-bond donors (Lipinski definition) is 3. The highest BCUT2D eigenvalue weighted by Gasteiger charge is 2.39. The number of aliphatic hydroxyl groups excluding tert-OH is 2. The van der Waals surface area contributed by atoms with Crippen LogP contribution >= 0.6 is 11.3 Å². The Hall–Kier alpha value is -3.88. The average Bonchev–Trinajstić information content (AvgIpc) is 3.70. The normalized spacial score (nSPS) is 17.8. The summed E-state index contributed by atoms with van der Waals surface area (Å²) in [7, 11) is -4.03. The lowest BCUT2D eigenvalue weighted by atomic mass is 10.0. The third-order valence-electron chi connectivity index (χ3n) is 8.40. The highest BCUT2D eigenvalue weighted by Crippen LogP contribution is 2.27. The molecule has 2 amide bonds. The number of amides is 2. The predicted molar refractivity (Wildman–Crippen MR) is 181 cm³/mol. The largest absolute Gasteiger partial charge is 0.434 e. The van der Waals surface area contributed by atoms with Crippen LogP contribution in [0, 0.1) is 5.92 Å². The van der Waals surface area contributed by atoms with Crippen LogP contribution in [0.3, 0.4) is 0 Å². The molecule has 1 unspecified atom stereocenters. The summed E-state index contributed by atoms with van der Waals surface area (Å²) in [5.74, 6) is -0.609. The van der Waals surface area contributed by atoms with Crippen LogP contribution < -0.4 is 10.2 Å². The number of nitrogens with zero attached hydrogens (tertiary/aromatic N) is 3. The van der Waals surface area contributed by atoms with Gasteiger partial charge in [0.25, 0.3) is 5.91 Å².